The molecule has 2 unspecified atom stereocenters. The first-order valence-corrected chi connectivity index (χ1v) is 15.2. The number of nitrogens with one attached hydrogen (secondary N) is 4. The van der Waals surface area contributed by atoms with Gasteiger partial charge in [-0.25, -0.2) is 9.78 Å². The maximum Gasteiger partial charge on any atom is 0.326 e. The summed E-state index contributed by atoms with van der Waals surface area (Å²) in [4.78, 5) is 70.5. The summed E-state index contributed by atoms with van der Waals surface area (Å²) in [5.74, 6) is -0.312. The summed E-state index contributed by atoms with van der Waals surface area (Å²) in [7, 11) is 0. The van der Waals surface area contributed by atoms with E-state index in [0.29, 0.717) is 16.7 Å². The van der Waals surface area contributed by atoms with Gasteiger partial charge in [-0.1, -0.05) is 11.1 Å². The minimum Gasteiger partial charge on any atom is -0.481 e. The normalized spacial score (nSPS) is 14.8. The number of aromatic amines is 2. The summed E-state index contributed by atoms with van der Waals surface area (Å²) >= 11 is 0. The molecule has 5 rings (SSSR count). The molecule has 2 aromatic carbocycles. The third-order valence-electron chi connectivity index (χ3n) is 8.15. The van der Waals surface area contributed by atoms with E-state index >= 15 is 0 Å². The number of fused-ring (bicyclic) bond motifs is 2. The van der Waals surface area contributed by atoms with Crippen LogP contribution in [-0.2, 0) is 20.8 Å². The first kappa shape index (κ1) is 33.3. The molecule has 0 saturated carbocycles. The lowest BCUT2D eigenvalue weighted by Gasteiger charge is -2.30. The third kappa shape index (κ3) is 7.64. The number of hydrogen-bond acceptors (Lipinski definition) is 10. The number of carbonyl (C=O) groups is 4. The zero-order valence-corrected chi connectivity index (χ0v) is 25.9. The second-order valence-corrected chi connectivity index (χ2v) is 11.4. The number of hydrogen-bond donors (Lipinski definition) is 6. The van der Waals surface area contributed by atoms with E-state index in [4.69, 9.17) is 11.5 Å². The number of terminal acetylenes is 1. The number of aryl methyl sites for hydroxylation is 2. The molecule has 2 heterocycles. The van der Waals surface area contributed by atoms with Crippen LogP contribution in [0.5, 0.6) is 0 Å². The molecule has 16 heteroatoms. The van der Waals surface area contributed by atoms with Gasteiger partial charge in [0.15, 0.2) is 5.82 Å². The van der Waals surface area contributed by atoms with Crippen molar-refractivity contribution in [2.24, 2.45) is 0 Å². The Hall–Kier alpha value is -6.11. The molecule has 6 N–H and O–H groups in total. The van der Waals surface area contributed by atoms with Gasteiger partial charge in [0.05, 0.1) is 29.5 Å². The van der Waals surface area contributed by atoms with Crippen LogP contribution >= 0.6 is 0 Å². The van der Waals surface area contributed by atoms with E-state index in [1.54, 1.807) is 31.2 Å². The van der Waals surface area contributed by atoms with Gasteiger partial charge in [-0.2, -0.15) is 5.21 Å². The number of rotatable bonds is 14. The van der Waals surface area contributed by atoms with E-state index in [1.165, 1.54) is 0 Å². The Balaban J connectivity index is 1.24. The fourth-order valence-electron chi connectivity index (χ4n) is 5.84. The van der Waals surface area contributed by atoms with Crippen LogP contribution in [-0.4, -0.2) is 77.1 Å². The minimum atomic E-state index is -1.38. The molecule has 48 heavy (non-hydrogen) atoms. The molecule has 3 atom stereocenters. The number of carboxylic acid groups (broad SMARTS) is 2. The van der Waals surface area contributed by atoms with Crippen LogP contribution in [0.3, 0.4) is 0 Å². The van der Waals surface area contributed by atoms with Crippen molar-refractivity contribution in [2.75, 3.05) is 11.4 Å². The van der Waals surface area contributed by atoms with Gasteiger partial charge in [-0.15, -0.1) is 16.6 Å². The lowest BCUT2D eigenvalue weighted by molar-refractivity contribution is -0.140. The highest BCUT2D eigenvalue weighted by molar-refractivity contribution is 5.97. The van der Waals surface area contributed by atoms with Crippen molar-refractivity contribution in [3.05, 3.63) is 75.1 Å². The van der Waals surface area contributed by atoms with Gasteiger partial charge < -0.3 is 30.7 Å². The number of tetrazole rings is 1. The van der Waals surface area contributed by atoms with Gasteiger partial charge in [-0.05, 0) is 80.1 Å². The van der Waals surface area contributed by atoms with E-state index in [1.807, 2.05) is 17.0 Å². The molecule has 0 aliphatic heterocycles. The highest BCUT2D eigenvalue weighted by Crippen LogP contribution is 2.39. The molecule has 0 radical (unpaired) electrons. The van der Waals surface area contributed by atoms with Crippen LogP contribution in [0.25, 0.3) is 10.9 Å². The maximum atomic E-state index is 13.1. The quantitative estimate of drug-likeness (QED) is 0.106. The standard InChI is InChI=1S/C32H33N9O7/c1-3-14-41(26-11-6-19-15-25-22(16-21(19)26)31(46)34-17(2)33-25)20-7-4-18(5-8-20)30(45)36-24(32(47)48)9-12-27(42)35-23(10-13-28(43)44)29-37-39-40-38-29/h1,4-5,7-8,15-16,23-24,26H,6,9-14H2,2H3,(H,35,42)(H,36,45)(H,43,44)(H,47,48)(H,33,34,46)(H,37,38,39,40)/t23?,24-,26?/m0/s1. The Morgan fingerprint density at radius 3 is 2.54 bits per heavy atom. The molecule has 1 aliphatic carbocycles. The van der Waals surface area contributed by atoms with E-state index in [2.05, 4.69) is 47.1 Å². The van der Waals surface area contributed by atoms with Crippen molar-refractivity contribution in [2.45, 2.75) is 63.6 Å². The molecule has 1 aliphatic rings. The Kier molecular flexibility index (Phi) is 10.1. The summed E-state index contributed by atoms with van der Waals surface area (Å²) in [6, 6.07) is 8.04. The molecule has 4 aromatic rings. The molecular weight excluding hydrogens is 622 g/mol. The minimum absolute atomic E-state index is 0.00432. The lowest BCUT2D eigenvalue weighted by atomic mass is 10.0. The van der Waals surface area contributed by atoms with Gasteiger partial charge >= 0.3 is 11.9 Å². The predicted octanol–water partition coefficient (Wildman–Crippen LogP) is 1.56. The number of aromatic nitrogens is 6. The van der Waals surface area contributed by atoms with Crippen molar-refractivity contribution < 1.29 is 29.4 Å². The fraction of sp³-hybridized carbons (Fsp3) is 0.344. The van der Waals surface area contributed by atoms with Gasteiger partial charge in [0.2, 0.25) is 5.91 Å². The average Bonchev–Trinajstić information content (AvgIpc) is 3.73. The Labute approximate surface area is 273 Å². The van der Waals surface area contributed by atoms with Crippen LogP contribution in [0, 0.1) is 19.3 Å². The fourth-order valence-corrected chi connectivity index (χ4v) is 5.84. The van der Waals surface area contributed by atoms with Crippen LogP contribution in [0.2, 0.25) is 0 Å². The van der Waals surface area contributed by atoms with Crippen molar-refractivity contribution in [1.29, 1.82) is 0 Å². The van der Waals surface area contributed by atoms with E-state index in [0.717, 1.165) is 29.7 Å². The predicted molar refractivity (Wildman–Crippen MR) is 171 cm³/mol. The largest absolute Gasteiger partial charge is 0.481 e. The number of amides is 2. The third-order valence-corrected chi connectivity index (χ3v) is 8.15. The van der Waals surface area contributed by atoms with Gasteiger partial charge in [0.25, 0.3) is 11.5 Å². The Morgan fingerprint density at radius 2 is 1.88 bits per heavy atom. The molecule has 0 fully saturated rings. The topological polar surface area (TPSA) is 236 Å². The van der Waals surface area contributed by atoms with Gasteiger partial charge in [-0.3, -0.25) is 19.2 Å². The number of nitrogens with zero attached hydrogens (tertiary/aromatic N) is 5. The first-order valence-electron chi connectivity index (χ1n) is 15.2. The van der Waals surface area contributed by atoms with Crippen LogP contribution < -0.4 is 21.1 Å². The SMILES string of the molecule is C#CCN(c1ccc(C(=O)N[C@@H](CCC(=O)NC(CCC(=O)O)c2nn[nH]n2)C(=O)O)cc1)C1CCc2cc3nc(C)[nH]c(=O)c3cc21. The average molecular weight is 656 g/mol. The number of aliphatic carboxylic acids is 2. The number of anilines is 1. The van der Waals surface area contributed by atoms with E-state index in [9.17, 15) is 29.1 Å². The highest BCUT2D eigenvalue weighted by Gasteiger charge is 2.30. The number of benzene rings is 2. The summed E-state index contributed by atoms with van der Waals surface area (Å²) in [5.41, 5.74) is 3.43. The van der Waals surface area contributed by atoms with Crippen molar-refractivity contribution in [3.8, 4) is 12.3 Å². The highest BCUT2D eigenvalue weighted by atomic mass is 16.4. The second kappa shape index (κ2) is 14.5. The molecule has 0 saturated heterocycles. The number of H-pyrrole nitrogens is 2. The zero-order chi connectivity index (χ0) is 34.4. The van der Waals surface area contributed by atoms with E-state index < -0.39 is 35.8 Å². The van der Waals surface area contributed by atoms with Crippen LogP contribution in [0.1, 0.15) is 77.3 Å². The Morgan fingerprint density at radius 1 is 1.10 bits per heavy atom. The van der Waals surface area contributed by atoms with Crippen LogP contribution in [0.15, 0.2) is 41.2 Å². The molecule has 2 aromatic heterocycles. The van der Waals surface area contributed by atoms with Crippen molar-refractivity contribution in [3.63, 3.8) is 0 Å². The summed E-state index contributed by atoms with van der Waals surface area (Å²) < 4.78 is 0. The number of carbonyl (C=O) groups excluding carboxylic acids is 2. The first-order chi connectivity index (χ1) is 23.0. The smallest absolute Gasteiger partial charge is 0.326 e. The summed E-state index contributed by atoms with van der Waals surface area (Å²) in [6.45, 7) is 2.00. The maximum absolute atomic E-state index is 13.1. The second-order valence-electron chi connectivity index (χ2n) is 11.4. The van der Waals surface area contributed by atoms with Crippen LogP contribution in [0.4, 0.5) is 5.69 Å². The molecular formula is C32H33N9O7. The zero-order valence-electron chi connectivity index (χ0n) is 25.9. The number of carboxylic acids is 2. The molecule has 16 nitrogen and oxygen atoms in total. The molecule has 0 spiro atoms. The molecule has 0 bridgehead atoms. The lowest BCUT2D eigenvalue weighted by Crippen LogP contribution is -2.42. The Bertz CT molecular complexity index is 1930. The van der Waals surface area contributed by atoms with Crippen molar-refractivity contribution >= 4 is 40.3 Å². The molecule has 248 valence electrons. The molecule has 2 amide bonds. The van der Waals surface area contributed by atoms with Crippen molar-refractivity contribution in [1.82, 2.24) is 41.2 Å². The monoisotopic (exact) mass is 655 g/mol. The van der Waals surface area contributed by atoms with Gasteiger partial charge in [0, 0.05) is 24.1 Å². The van der Waals surface area contributed by atoms with Gasteiger partial charge in [0.1, 0.15) is 11.9 Å². The summed E-state index contributed by atoms with van der Waals surface area (Å²) in [5, 5.41) is 37.5. The summed E-state index contributed by atoms with van der Waals surface area (Å²) in [6.07, 6.45) is 6.49. The van der Waals surface area contributed by atoms with E-state index in [-0.39, 0.29) is 55.2 Å².